The molecule has 1 aliphatic heterocycles. The molecule has 0 amide bonds. The zero-order valence-corrected chi connectivity index (χ0v) is 18.4. The van der Waals surface area contributed by atoms with E-state index in [1.165, 1.54) is 5.56 Å². The number of nitrogens with one attached hydrogen (secondary N) is 1. The average molecular weight is 438 g/mol. The highest BCUT2D eigenvalue weighted by atomic mass is 35.5. The summed E-state index contributed by atoms with van der Waals surface area (Å²) in [7, 11) is 3.84. The first kappa shape index (κ1) is 21.2. The van der Waals surface area contributed by atoms with E-state index in [0.29, 0.717) is 21.2 Å². The molecule has 0 unspecified atom stereocenters. The van der Waals surface area contributed by atoms with Crippen molar-refractivity contribution in [2.24, 2.45) is 0 Å². The Hall–Kier alpha value is -1.53. The number of rotatable bonds is 5. The number of methoxy groups -OCH3 is 1. The molecule has 150 valence electrons. The molecule has 1 heterocycles. The lowest BCUT2D eigenvalue weighted by Crippen LogP contribution is -2.47. The molecule has 2 aromatic rings. The van der Waals surface area contributed by atoms with Crippen molar-refractivity contribution in [2.75, 3.05) is 32.6 Å². The molecule has 1 fully saturated rings. The molecule has 7 heteroatoms. The Morgan fingerprint density at radius 2 is 1.86 bits per heavy atom. The van der Waals surface area contributed by atoms with Gasteiger partial charge < -0.3 is 19.9 Å². The molecule has 2 aromatic carbocycles. The Labute approximate surface area is 182 Å². The predicted molar refractivity (Wildman–Crippen MR) is 122 cm³/mol. The minimum atomic E-state index is 0.379. The lowest BCUT2D eigenvalue weighted by molar-refractivity contribution is 0.173. The van der Waals surface area contributed by atoms with E-state index < -0.39 is 0 Å². The van der Waals surface area contributed by atoms with Crippen molar-refractivity contribution in [1.29, 1.82) is 0 Å². The third-order valence-corrected chi connectivity index (χ3v) is 5.96. The normalized spacial score (nSPS) is 15.3. The van der Waals surface area contributed by atoms with Crippen LogP contribution in [-0.2, 0) is 6.54 Å². The topological polar surface area (TPSA) is 27.7 Å². The molecule has 0 bridgehead atoms. The maximum Gasteiger partial charge on any atom is 0.174 e. The predicted octanol–water partition coefficient (Wildman–Crippen LogP) is 5.30. The molecule has 3 rings (SSSR count). The van der Waals surface area contributed by atoms with E-state index in [4.69, 9.17) is 40.2 Å². The van der Waals surface area contributed by atoms with Gasteiger partial charge in [0.05, 0.1) is 17.8 Å². The summed E-state index contributed by atoms with van der Waals surface area (Å²) < 4.78 is 5.27. The first-order chi connectivity index (χ1) is 13.5. The lowest BCUT2D eigenvalue weighted by Gasteiger charge is -2.39. The number of halogens is 2. The van der Waals surface area contributed by atoms with Crippen molar-refractivity contribution in [3.63, 3.8) is 0 Å². The number of likely N-dealkylation sites (tertiary alicyclic amines) is 1. The smallest absolute Gasteiger partial charge is 0.174 e. The number of nitrogens with zero attached hydrogens (tertiary/aromatic N) is 2. The van der Waals surface area contributed by atoms with Crippen LogP contribution in [0.1, 0.15) is 18.4 Å². The van der Waals surface area contributed by atoms with E-state index in [1.54, 1.807) is 13.2 Å². The third kappa shape index (κ3) is 5.51. The molecule has 4 nitrogen and oxygen atoms in total. The highest BCUT2D eigenvalue weighted by Gasteiger charge is 2.25. The maximum atomic E-state index is 6.33. The van der Waals surface area contributed by atoms with Crippen molar-refractivity contribution in [1.82, 2.24) is 9.80 Å². The Bertz CT molecular complexity index is 808. The van der Waals surface area contributed by atoms with Crippen LogP contribution in [0.25, 0.3) is 0 Å². The van der Waals surface area contributed by atoms with Gasteiger partial charge in [0.1, 0.15) is 5.75 Å². The van der Waals surface area contributed by atoms with E-state index >= 15 is 0 Å². The zero-order chi connectivity index (χ0) is 20.1. The first-order valence-corrected chi connectivity index (χ1v) is 10.5. The summed E-state index contributed by atoms with van der Waals surface area (Å²) in [5, 5.41) is 5.15. The fraction of sp³-hybridized carbons (Fsp3) is 0.381. The largest absolute Gasteiger partial charge is 0.497 e. The van der Waals surface area contributed by atoms with Crippen LogP contribution in [0.5, 0.6) is 5.75 Å². The van der Waals surface area contributed by atoms with Gasteiger partial charge in [-0.2, -0.15) is 0 Å². The lowest BCUT2D eigenvalue weighted by atomic mass is 10.0. The van der Waals surface area contributed by atoms with Crippen LogP contribution in [0.4, 0.5) is 5.69 Å². The summed E-state index contributed by atoms with van der Waals surface area (Å²) in [5.41, 5.74) is 1.95. The fourth-order valence-electron chi connectivity index (χ4n) is 3.38. The highest BCUT2D eigenvalue weighted by Crippen LogP contribution is 2.27. The first-order valence-electron chi connectivity index (χ1n) is 9.30. The Kier molecular flexibility index (Phi) is 7.41. The monoisotopic (exact) mass is 437 g/mol. The van der Waals surface area contributed by atoms with Crippen molar-refractivity contribution >= 4 is 46.2 Å². The fourth-order valence-corrected chi connectivity index (χ4v) is 4.16. The van der Waals surface area contributed by atoms with Gasteiger partial charge in [-0.25, -0.2) is 0 Å². The number of piperidine rings is 1. The molecule has 0 saturated carbocycles. The van der Waals surface area contributed by atoms with Crippen molar-refractivity contribution in [3.8, 4) is 5.75 Å². The second-order valence-corrected chi connectivity index (χ2v) is 8.30. The molecular weight excluding hydrogens is 413 g/mol. The van der Waals surface area contributed by atoms with E-state index in [0.717, 1.165) is 43.9 Å². The molecule has 1 N–H and O–H groups in total. The molecule has 28 heavy (non-hydrogen) atoms. The van der Waals surface area contributed by atoms with Gasteiger partial charge in [-0.15, -0.1) is 0 Å². The van der Waals surface area contributed by atoms with Crippen LogP contribution in [0, 0.1) is 0 Å². The summed E-state index contributed by atoms with van der Waals surface area (Å²) >= 11 is 18.1. The zero-order valence-electron chi connectivity index (χ0n) is 16.1. The molecule has 0 atom stereocenters. The minimum Gasteiger partial charge on any atom is -0.497 e. The van der Waals surface area contributed by atoms with Crippen LogP contribution >= 0.6 is 35.4 Å². The van der Waals surface area contributed by atoms with Gasteiger partial charge in [0, 0.05) is 17.6 Å². The number of benzene rings is 2. The van der Waals surface area contributed by atoms with Gasteiger partial charge >= 0.3 is 0 Å². The van der Waals surface area contributed by atoms with Gasteiger partial charge in [0.25, 0.3) is 0 Å². The Morgan fingerprint density at radius 3 is 2.46 bits per heavy atom. The Morgan fingerprint density at radius 1 is 1.18 bits per heavy atom. The molecule has 1 aliphatic rings. The third-order valence-electron chi connectivity index (χ3n) is 5.07. The van der Waals surface area contributed by atoms with Crippen molar-refractivity contribution in [2.45, 2.75) is 25.4 Å². The summed E-state index contributed by atoms with van der Waals surface area (Å²) in [4.78, 5) is 4.63. The Balaban J connectivity index is 1.78. The van der Waals surface area contributed by atoms with E-state index in [9.17, 15) is 0 Å². The number of anilines is 1. The summed E-state index contributed by atoms with van der Waals surface area (Å²) in [6.45, 7) is 2.86. The van der Waals surface area contributed by atoms with Crippen LogP contribution in [0.3, 0.4) is 0 Å². The van der Waals surface area contributed by atoms with Gasteiger partial charge in [-0.3, -0.25) is 0 Å². The quantitative estimate of drug-likeness (QED) is 0.640. The molecular formula is C21H25Cl2N3OS. The van der Waals surface area contributed by atoms with Crippen LogP contribution < -0.4 is 10.1 Å². The number of thiocarbonyl (C=S) groups is 1. The second kappa shape index (κ2) is 9.79. The van der Waals surface area contributed by atoms with Gasteiger partial charge in [0.15, 0.2) is 5.11 Å². The minimum absolute atomic E-state index is 0.379. The average Bonchev–Trinajstić information content (AvgIpc) is 2.69. The van der Waals surface area contributed by atoms with Crippen LogP contribution in [0.15, 0.2) is 42.5 Å². The van der Waals surface area contributed by atoms with Crippen LogP contribution in [0.2, 0.25) is 10.0 Å². The summed E-state index contributed by atoms with van der Waals surface area (Å²) in [6, 6.07) is 13.9. The van der Waals surface area contributed by atoms with Crippen molar-refractivity contribution < 1.29 is 4.74 Å². The number of hydrogen-bond acceptors (Lipinski definition) is 3. The van der Waals surface area contributed by atoms with Crippen molar-refractivity contribution in [3.05, 3.63) is 58.1 Å². The number of hydrogen-bond donors (Lipinski definition) is 1. The standard InChI is InChI=1S/C21H25Cl2N3OS/c1-25-11-9-17(10-12-25)26(14-15-3-6-18(27-2)7-4-15)21(28)24-20-8-5-16(22)13-19(20)23/h3-8,13,17H,9-12,14H2,1-2H3,(H,24,28). The number of ether oxygens (including phenoxy) is 1. The van der Waals surface area contributed by atoms with Gasteiger partial charge in [-0.1, -0.05) is 35.3 Å². The second-order valence-electron chi connectivity index (χ2n) is 7.06. The molecule has 0 spiro atoms. The van der Waals surface area contributed by atoms with Crippen LogP contribution in [-0.4, -0.2) is 48.2 Å². The SMILES string of the molecule is COc1ccc(CN(C(=S)Nc2ccc(Cl)cc2Cl)C2CCN(C)CC2)cc1. The molecule has 0 aliphatic carbocycles. The highest BCUT2D eigenvalue weighted by molar-refractivity contribution is 7.80. The molecule has 0 radical (unpaired) electrons. The molecule has 0 aromatic heterocycles. The van der Waals surface area contributed by atoms with Gasteiger partial charge in [0.2, 0.25) is 0 Å². The summed E-state index contributed by atoms with van der Waals surface area (Å²) in [6.07, 6.45) is 2.14. The van der Waals surface area contributed by atoms with E-state index in [-0.39, 0.29) is 0 Å². The van der Waals surface area contributed by atoms with E-state index in [2.05, 4.69) is 34.3 Å². The maximum absolute atomic E-state index is 6.33. The summed E-state index contributed by atoms with van der Waals surface area (Å²) in [5.74, 6) is 0.850. The van der Waals surface area contributed by atoms with E-state index in [1.807, 2.05) is 24.3 Å². The van der Waals surface area contributed by atoms with Gasteiger partial charge in [-0.05, 0) is 81.1 Å². The molecule has 1 saturated heterocycles.